The number of ether oxygens (including phenoxy) is 1. The average molecular weight is 433 g/mol. The van der Waals surface area contributed by atoms with Gasteiger partial charge in [-0.1, -0.05) is 17.7 Å². The standard InChI is InChI=1S/C21H18ClFN2O3S/c1-3-28-17-8-7-14(22)11-16(17)24-21(27)19-12(2)9-18(29-19)25-20(26)13-5-4-6-15(23)10-13/h4-11H,3H2,1-2H3,(H,24,27)(H,25,26). The molecule has 0 saturated carbocycles. The number of benzene rings is 2. The van der Waals surface area contributed by atoms with Crippen LogP contribution in [0.1, 0.15) is 32.5 Å². The van der Waals surface area contributed by atoms with Crippen LogP contribution in [0.25, 0.3) is 0 Å². The Kier molecular flexibility index (Phi) is 6.51. The van der Waals surface area contributed by atoms with Gasteiger partial charge in [0.05, 0.1) is 22.2 Å². The maximum atomic E-state index is 13.3. The van der Waals surface area contributed by atoms with Crippen molar-refractivity contribution in [2.75, 3.05) is 17.2 Å². The molecule has 2 amide bonds. The van der Waals surface area contributed by atoms with E-state index in [1.54, 1.807) is 31.2 Å². The van der Waals surface area contributed by atoms with Gasteiger partial charge in [0.15, 0.2) is 0 Å². The highest BCUT2D eigenvalue weighted by Gasteiger charge is 2.17. The lowest BCUT2D eigenvalue weighted by Crippen LogP contribution is -2.12. The Labute approximate surface area is 176 Å². The van der Waals surface area contributed by atoms with E-state index in [1.165, 1.54) is 18.2 Å². The lowest BCUT2D eigenvalue weighted by molar-refractivity contribution is 0.101. The van der Waals surface area contributed by atoms with Crippen LogP contribution in [0.5, 0.6) is 5.75 Å². The Morgan fingerprint density at radius 3 is 2.62 bits per heavy atom. The molecule has 0 bridgehead atoms. The van der Waals surface area contributed by atoms with Gasteiger partial charge in [0, 0.05) is 10.6 Å². The van der Waals surface area contributed by atoms with E-state index in [-0.39, 0.29) is 11.5 Å². The van der Waals surface area contributed by atoms with E-state index < -0.39 is 11.7 Å². The second-order valence-corrected chi connectivity index (χ2v) is 7.60. The van der Waals surface area contributed by atoms with Crippen molar-refractivity contribution in [1.29, 1.82) is 0 Å². The van der Waals surface area contributed by atoms with Gasteiger partial charge in [0.2, 0.25) is 0 Å². The van der Waals surface area contributed by atoms with Crippen LogP contribution in [-0.4, -0.2) is 18.4 Å². The van der Waals surface area contributed by atoms with Crippen molar-refractivity contribution in [2.45, 2.75) is 13.8 Å². The summed E-state index contributed by atoms with van der Waals surface area (Å²) in [5, 5.41) is 6.44. The smallest absolute Gasteiger partial charge is 0.266 e. The van der Waals surface area contributed by atoms with Crippen molar-refractivity contribution >= 4 is 45.4 Å². The normalized spacial score (nSPS) is 10.5. The van der Waals surface area contributed by atoms with Crippen molar-refractivity contribution in [3.8, 4) is 5.75 Å². The molecule has 0 unspecified atom stereocenters. The predicted octanol–water partition coefficient (Wildman–Crippen LogP) is 5.75. The second kappa shape index (κ2) is 9.07. The predicted molar refractivity (Wildman–Crippen MR) is 114 cm³/mol. The zero-order chi connectivity index (χ0) is 21.0. The molecule has 0 aliphatic heterocycles. The molecule has 0 saturated heterocycles. The molecule has 0 spiro atoms. The molecule has 0 atom stereocenters. The monoisotopic (exact) mass is 432 g/mol. The molecule has 8 heteroatoms. The number of amides is 2. The highest BCUT2D eigenvalue weighted by Crippen LogP contribution is 2.31. The molecule has 29 heavy (non-hydrogen) atoms. The van der Waals surface area contributed by atoms with Crippen molar-refractivity contribution in [1.82, 2.24) is 0 Å². The highest BCUT2D eigenvalue weighted by atomic mass is 35.5. The SMILES string of the molecule is CCOc1ccc(Cl)cc1NC(=O)c1sc(NC(=O)c2cccc(F)c2)cc1C. The zero-order valence-electron chi connectivity index (χ0n) is 15.7. The summed E-state index contributed by atoms with van der Waals surface area (Å²) in [5.41, 5.74) is 1.35. The Morgan fingerprint density at radius 1 is 1.10 bits per heavy atom. The van der Waals surface area contributed by atoms with E-state index >= 15 is 0 Å². The molecule has 2 N–H and O–H groups in total. The van der Waals surface area contributed by atoms with Gasteiger partial charge in [-0.25, -0.2) is 4.39 Å². The maximum Gasteiger partial charge on any atom is 0.266 e. The lowest BCUT2D eigenvalue weighted by Gasteiger charge is -2.11. The summed E-state index contributed by atoms with van der Waals surface area (Å²) in [5.74, 6) is -0.779. The molecule has 3 rings (SSSR count). The molecular formula is C21H18ClFN2O3S. The Hall–Kier alpha value is -2.90. The third-order valence-corrected chi connectivity index (χ3v) is 5.32. The van der Waals surface area contributed by atoms with Crippen LogP contribution in [0.2, 0.25) is 5.02 Å². The Balaban J connectivity index is 1.77. The number of carbonyl (C=O) groups is 2. The largest absolute Gasteiger partial charge is 0.492 e. The van der Waals surface area contributed by atoms with E-state index in [0.717, 1.165) is 17.4 Å². The number of nitrogens with one attached hydrogen (secondary N) is 2. The van der Waals surface area contributed by atoms with Crippen LogP contribution < -0.4 is 15.4 Å². The number of aryl methyl sites for hydroxylation is 1. The van der Waals surface area contributed by atoms with Crippen molar-refractivity contribution in [3.63, 3.8) is 0 Å². The quantitative estimate of drug-likeness (QED) is 0.521. The number of anilines is 2. The van der Waals surface area contributed by atoms with Gasteiger partial charge in [-0.05, 0) is 61.9 Å². The fourth-order valence-electron chi connectivity index (χ4n) is 2.64. The molecule has 1 aromatic heterocycles. The van der Waals surface area contributed by atoms with Gasteiger partial charge >= 0.3 is 0 Å². The van der Waals surface area contributed by atoms with Gasteiger partial charge < -0.3 is 15.4 Å². The molecule has 5 nitrogen and oxygen atoms in total. The summed E-state index contributed by atoms with van der Waals surface area (Å²) >= 11 is 7.16. The van der Waals surface area contributed by atoms with Crippen molar-refractivity contribution < 1.29 is 18.7 Å². The van der Waals surface area contributed by atoms with Gasteiger partial charge in [-0.2, -0.15) is 0 Å². The number of rotatable bonds is 6. The van der Waals surface area contributed by atoms with Gasteiger partial charge in [0.1, 0.15) is 11.6 Å². The van der Waals surface area contributed by atoms with Crippen LogP contribution in [0.15, 0.2) is 48.5 Å². The van der Waals surface area contributed by atoms with E-state index in [2.05, 4.69) is 10.6 Å². The highest BCUT2D eigenvalue weighted by molar-refractivity contribution is 7.18. The number of thiophene rings is 1. The average Bonchev–Trinajstić information content (AvgIpc) is 3.04. The first-order chi connectivity index (χ1) is 13.9. The second-order valence-electron chi connectivity index (χ2n) is 6.11. The van der Waals surface area contributed by atoms with E-state index in [1.807, 2.05) is 6.92 Å². The summed E-state index contributed by atoms with van der Waals surface area (Å²) in [6.07, 6.45) is 0. The van der Waals surface area contributed by atoms with Crippen LogP contribution >= 0.6 is 22.9 Å². The molecule has 0 aliphatic carbocycles. The molecule has 150 valence electrons. The molecule has 2 aromatic carbocycles. The lowest BCUT2D eigenvalue weighted by atomic mass is 10.2. The van der Waals surface area contributed by atoms with E-state index in [9.17, 15) is 14.0 Å². The summed E-state index contributed by atoms with van der Waals surface area (Å²) in [6.45, 7) is 4.06. The number of halogens is 2. The molecular weight excluding hydrogens is 415 g/mol. The summed E-state index contributed by atoms with van der Waals surface area (Å²) in [6, 6.07) is 12.1. The topological polar surface area (TPSA) is 67.4 Å². The molecule has 0 fully saturated rings. The number of hydrogen-bond acceptors (Lipinski definition) is 4. The van der Waals surface area contributed by atoms with Crippen LogP contribution in [0.4, 0.5) is 15.1 Å². The number of carbonyl (C=O) groups excluding carboxylic acids is 2. The zero-order valence-corrected chi connectivity index (χ0v) is 17.3. The minimum atomic E-state index is -0.494. The summed E-state index contributed by atoms with van der Waals surface area (Å²) in [4.78, 5) is 25.5. The maximum absolute atomic E-state index is 13.3. The third-order valence-electron chi connectivity index (χ3n) is 3.94. The van der Waals surface area contributed by atoms with Crippen molar-refractivity contribution in [3.05, 3.63) is 75.4 Å². The van der Waals surface area contributed by atoms with Crippen LogP contribution in [-0.2, 0) is 0 Å². The van der Waals surface area contributed by atoms with Crippen LogP contribution in [0.3, 0.4) is 0 Å². The fraction of sp³-hybridized carbons (Fsp3) is 0.143. The van der Waals surface area contributed by atoms with Gasteiger partial charge in [0.25, 0.3) is 11.8 Å². The third kappa shape index (κ3) is 5.13. The first-order valence-electron chi connectivity index (χ1n) is 8.78. The fourth-order valence-corrected chi connectivity index (χ4v) is 3.78. The Morgan fingerprint density at radius 2 is 1.90 bits per heavy atom. The van der Waals surface area contributed by atoms with Crippen LogP contribution in [0, 0.1) is 12.7 Å². The van der Waals surface area contributed by atoms with Gasteiger partial charge in [-0.15, -0.1) is 11.3 Å². The van der Waals surface area contributed by atoms with Gasteiger partial charge in [-0.3, -0.25) is 9.59 Å². The molecule has 1 heterocycles. The first-order valence-corrected chi connectivity index (χ1v) is 9.98. The molecule has 0 aliphatic rings. The Bertz CT molecular complexity index is 1070. The molecule has 3 aromatic rings. The minimum Gasteiger partial charge on any atom is -0.492 e. The van der Waals surface area contributed by atoms with E-state index in [0.29, 0.717) is 38.5 Å². The summed E-state index contributed by atoms with van der Waals surface area (Å²) < 4.78 is 18.8. The van der Waals surface area contributed by atoms with Crippen molar-refractivity contribution in [2.24, 2.45) is 0 Å². The molecule has 0 radical (unpaired) electrons. The first kappa shape index (κ1) is 20.8. The minimum absolute atomic E-state index is 0.197. The summed E-state index contributed by atoms with van der Waals surface area (Å²) in [7, 11) is 0. The number of hydrogen-bond donors (Lipinski definition) is 2. The van der Waals surface area contributed by atoms with E-state index in [4.69, 9.17) is 16.3 Å².